The minimum Gasteiger partial charge on any atom is -0.489 e. The van der Waals surface area contributed by atoms with E-state index in [1.807, 2.05) is 6.07 Å². The van der Waals surface area contributed by atoms with E-state index >= 15 is 0 Å². The first-order valence-corrected chi connectivity index (χ1v) is 8.14. The highest BCUT2D eigenvalue weighted by Crippen LogP contribution is 2.25. The molecule has 0 bridgehead atoms. The molecule has 2 aromatic rings. The van der Waals surface area contributed by atoms with Crippen LogP contribution in [0.25, 0.3) is 0 Å². The van der Waals surface area contributed by atoms with Crippen LogP contribution in [-0.2, 0) is 6.54 Å². The molecule has 126 valence electrons. The summed E-state index contributed by atoms with van der Waals surface area (Å²) in [5, 5.41) is 2.89. The van der Waals surface area contributed by atoms with Gasteiger partial charge in [0.2, 0.25) is 0 Å². The Kier molecular flexibility index (Phi) is 5.05. The molecule has 6 nitrogen and oxygen atoms in total. The number of ether oxygens (including phenoxy) is 1. The molecule has 0 saturated carbocycles. The molecule has 1 aliphatic heterocycles. The zero-order chi connectivity index (χ0) is 16.9. The van der Waals surface area contributed by atoms with Gasteiger partial charge in [0.05, 0.1) is 6.20 Å². The van der Waals surface area contributed by atoms with Gasteiger partial charge in [0, 0.05) is 44.1 Å². The maximum absolute atomic E-state index is 12.0. The third-order valence-corrected chi connectivity index (χ3v) is 3.96. The second kappa shape index (κ2) is 7.40. The molecular weight excluding hydrogens is 304 g/mol. The van der Waals surface area contributed by atoms with Gasteiger partial charge in [-0.3, -0.25) is 14.7 Å². The van der Waals surface area contributed by atoms with Crippen molar-refractivity contribution < 1.29 is 9.53 Å². The number of aryl methyl sites for hydroxylation is 1. The van der Waals surface area contributed by atoms with Crippen LogP contribution in [0, 0.1) is 6.92 Å². The van der Waals surface area contributed by atoms with Gasteiger partial charge in [-0.2, -0.15) is 0 Å². The van der Waals surface area contributed by atoms with Crippen LogP contribution in [-0.4, -0.2) is 46.5 Å². The smallest absolute Gasteiger partial charge is 0.271 e. The van der Waals surface area contributed by atoms with Crippen molar-refractivity contribution in [2.75, 3.05) is 19.6 Å². The maximum Gasteiger partial charge on any atom is 0.271 e. The molecule has 0 fully saturated rings. The molecule has 0 aliphatic carbocycles. The summed E-state index contributed by atoms with van der Waals surface area (Å²) in [5.74, 6) is 0.762. The molecule has 1 atom stereocenters. The number of hydrogen-bond donors (Lipinski definition) is 1. The van der Waals surface area contributed by atoms with Gasteiger partial charge in [0.25, 0.3) is 5.91 Å². The summed E-state index contributed by atoms with van der Waals surface area (Å²) in [6.45, 7) is 7.12. The Morgan fingerprint density at radius 3 is 3.08 bits per heavy atom. The van der Waals surface area contributed by atoms with Gasteiger partial charge in [-0.15, -0.1) is 0 Å². The van der Waals surface area contributed by atoms with Gasteiger partial charge >= 0.3 is 0 Å². The van der Waals surface area contributed by atoms with Crippen molar-refractivity contribution in [3.63, 3.8) is 0 Å². The number of carbonyl (C=O) groups is 1. The highest BCUT2D eigenvalue weighted by molar-refractivity contribution is 5.91. The van der Waals surface area contributed by atoms with Gasteiger partial charge in [0.1, 0.15) is 17.5 Å². The monoisotopic (exact) mass is 326 g/mol. The Morgan fingerprint density at radius 2 is 2.29 bits per heavy atom. The summed E-state index contributed by atoms with van der Waals surface area (Å²) in [6.07, 6.45) is 4.65. The first-order valence-electron chi connectivity index (χ1n) is 8.14. The zero-order valence-electron chi connectivity index (χ0n) is 14.0. The van der Waals surface area contributed by atoms with E-state index < -0.39 is 0 Å². The standard InChI is InChI=1S/C18H22N4O2/c1-13-3-4-17-15(9-13)12-22(11-14(2)24-17)8-7-21-18(23)16-10-19-5-6-20-16/h3-6,9-10,14H,7-8,11-12H2,1-2H3,(H,21,23)/t14-/m0/s1. The number of fused-ring (bicyclic) bond motifs is 1. The normalized spacial score (nSPS) is 17.5. The molecule has 0 radical (unpaired) electrons. The number of hydrogen-bond acceptors (Lipinski definition) is 5. The number of carbonyl (C=O) groups excluding carboxylic acids is 1. The summed E-state index contributed by atoms with van der Waals surface area (Å²) in [4.78, 5) is 22.2. The summed E-state index contributed by atoms with van der Waals surface area (Å²) in [7, 11) is 0. The molecule has 6 heteroatoms. The van der Waals surface area contributed by atoms with E-state index in [-0.39, 0.29) is 12.0 Å². The predicted octanol–water partition coefficient (Wildman–Crippen LogP) is 1.80. The molecular formula is C18H22N4O2. The predicted molar refractivity (Wildman–Crippen MR) is 90.9 cm³/mol. The highest BCUT2D eigenvalue weighted by atomic mass is 16.5. The molecule has 2 heterocycles. The summed E-state index contributed by atoms with van der Waals surface area (Å²) in [6, 6.07) is 6.28. The second-order valence-electron chi connectivity index (χ2n) is 6.12. The topological polar surface area (TPSA) is 67.4 Å². The van der Waals surface area contributed by atoms with Crippen molar-refractivity contribution in [1.82, 2.24) is 20.2 Å². The molecule has 1 N–H and O–H groups in total. The zero-order valence-corrected chi connectivity index (χ0v) is 14.0. The van der Waals surface area contributed by atoms with Crippen LogP contribution >= 0.6 is 0 Å². The Bertz CT molecular complexity index is 705. The fourth-order valence-electron chi connectivity index (χ4n) is 2.87. The lowest BCUT2D eigenvalue weighted by Crippen LogP contribution is -2.38. The first kappa shape index (κ1) is 16.4. The van der Waals surface area contributed by atoms with Gasteiger partial charge < -0.3 is 10.1 Å². The Labute approximate surface area is 141 Å². The van der Waals surface area contributed by atoms with Crippen LogP contribution in [0.15, 0.2) is 36.8 Å². The van der Waals surface area contributed by atoms with Crippen LogP contribution in [0.4, 0.5) is 0 Å². The summed E-state index contributed by atoms with van der Waals surface area (Å²) < 4.78 is 5.99. The van der Waals surface area contributed by atoms with E-state index in [0.29, 0.717) is 12.2 Å². The van der Waals surface area contributed by atoms with Crippen molar-refractivity contribution in [3.8, 4) is 5.75 Å². The molecule has 0 unspecified atom stereocenters. The minimum atomic E-state index is -0.196. The number of rotatable bonds is 4. The lowest BCUT2D eigenvalue weighted by Gasteiger charge is -2.21. The van der Waals surface area contributed by atoms with Gasteiger partial charge in [0.15, 0.2) is 0 Å². The molecule has 1 aromatic heterocycles. The van der Waals surface area contributed by atoms with Crippen molar-refractivity contribution in [2.45, 2.75) is 26.5 Å². The van der Waals surface area contributed by atoms with E-state index in [4.69, 9.17) is 4.74 Å². The molecule has 3 rings (SSSR count). The number of amides is 1. The molecule has 1 aromatic carbocycles. The van der Waals surface area contributed by atoms with E-state index in [1.165, 1.54) is 23.5 Å². The molecule has 24 heavy (non-hydrogen) atoms. The SMILES string of the molecule is Cc1ccc2c(c1)CN(CCNC(=O)c1cnccn1)C[C@H](C)O2. The van der Waals surface area contributed by atoms with Crippen molar-refractivity contribution in [1.29, 1.82) is 0 Å². The van der Waals surface area contributed by atoms with Gasteiger partial charge in [-0.1, -0.05) is 17.7 Å². The summed E-state index contributed by atoms with van der Waals surface area (Å²) in [5.41, 5.74) is 2.76. The van der Waals surface area contributed by atoms with Crippen molar-refractivity contribution in [3.05, 3.63) is 53.6 Å². The van der Waals surface area contributed by atoms with Crippen molar-refractivity contribution in [2.24, 2.45) is 0 Å². The Morgan fingerprint density at radius 1 is 1.42 bits per heavy atom. The van der Waals surface area contributed by atoms with E-state index in [2.05, 4.69) is 46.2 Å². The summed E-state index contributed by atoms with van der Waals surface area (Å²) >= 11 is 0. The van der Waals surface area contributed by atoms with Gasteiger partial charge in [-0.05, 0) is 19.9 Å². The lowest BCUT2D eigenvalue weighted by atomic mass is 10.1. The Hall–Kier alpha value is -2.47. The first-order chi connectivity index (χ1) is 11.6. The molecule has 0 spiro atoms. The van der Waals surface area contributed by atoms with Crippen LogP contribution < -0.4 is 10.1 Å². The Balaban J connectivity index is 1.58. The van der Waals surface area contributed by atoms with E-state index in [1.54, 1.807) is 6.20 Å². The fraction of sp³-hybridized carbons (Fsp3) is 0.389. The third kappa shape index (κ3) is 4.08. The maximum atomic E-state index is 12.0. The molecule has 0 saturated heterocycles. The highest BCUT2D eigenvalue weighted by Gasteiger charge is 2.20. The number of aromatic nitrogens is 2. The van der Waals surface area contributed by atoms with Crippen LogP contribution in [0.3, 0.4) is 0 Å². The largest absolute Gasteiger partial charge is 0.489 e. The number of nitrogens with zero attached hydrogens (tertiary/aromatic N) is 3. The number of benzene rings is 1. The average molecular weight is 326 g/mol. The number of nitrogens with one attached hydrogen (secondary N) is 1. The average Bonchev–Trinajstić information content (AvgIpc) is 2.73. The van der Waals surface area contributed by atoms with Crippen LogP contribution in [0.2, 0.25) is 0 Å². The minimum absolute atomic E-state index is 0.115. The molecule has 1 amide bonds. The quantitative estimate of drug-likeness (QED) is 0.928. The third-order valence-electron chi connectivity index (χ3n) is 3.96. The molecule has 1 aliphatic rings. The van der Waals surface area contributed by atoms with Crippen LogP contribution in [0.5, 0.6) is 5.75 Å². The fourth-order valence-corrected chi connectivity index (χ4v) is 2.87. The van der Waals surface area contributed by atoms with Crippen LogP contribution in [0.1, 0.15) is 28.5 Å². The van der Waals surface area contributed by atoms with Crippen molar-refractivity contribution >= 4 is 5.91 Å². The van der Waals surface area contributed by atoms with Gasteiger partial charge in [-0.25, -0.2) is 4.98 Å². The van der Waals surface area contributed by atoms with E-state index in [0.717, 1.165) is 25.4 Å². The second-order valence-corrected chi connectivity index (χ2v) is 6.12. The lowest BCUT2D eigenvalue weighted by molar-refractivity contribution is 0.0939. The van der Waals surface area contributed by atoms with E-state index in [9.17, 15) is 4.79 Å².